The molecule has 0 aromatic heterocycles. The third-order valence-corrected chi connectivity index (χ3v) is 3.42. The van der Waals surface area contributed by atoms with E-state index < -0.39 is 0 Å². The Balaban J connectivity index is 2.20. The highest BCUT2D eigenvalue weighted by Gasteiger charge is 2.11. The monoisotopic (exact) mass is 240 g/mol. The van der Waals surface area contributed by atoms with Gasteiger partial charge in [0.2, 0.25) is 0 Å². The number of hydrogen-bond acceptors (Lipinski definition) is 1. The predicted molar refractivity (Wildman–Crippen MR) is 76.0 cm³/mol. The van der Waals surface area contributed by atoms with E-state index in [2.05, 4.69) is 44.2 Å². The number of phenols is 1. The molecule has 0 radical (unpaired) electrons. The summed E-state index contributed by atoms with van der Waals surface area (Å²) >= 11 is 0. The molecule has 2 rings (SSSR count). The zero-order chi connectivity index (χ0) is 13.0. The fourth-order valence-corrected chi connectivity index (χ4v) is 2.30. The standard InChI is InChI=1S/C17H20O/c1-3-14-9-10-17(18)16(12-14)13(2)11-15-7-5-4-6-8-15/h4-10,12-13,18H,3,11H2,1-2H3. The summed E-state index contributed by atoms with van der Waals surface area (Å²) in [5.41, 5.74) is 3.65. The number of hydrogen-bond donors (Lipinski definition) is 1. The molecule has 2 aromatic carbocycles. The van der Waals surface area contributed by atoms with Crippen LogP contribution in [0.1, 0.15) is 36.5 Å². The molecule has 0 amide bonds. The quantitative estimate of drug-likeness (QED) is 0.844. The van der Waals surface area contributed by atoms with Crippen LogP contribution in [0.3, 0.4) is 0 Å². The first-order chi connectivity index (χ1) is 8.70. The van der Waals surface area contributed by atoms with Crippen molar-refractivity contribution in [3.8, 4) is 5.75 Å². The lowest BCUT2D eigenvalue weighted by atomic mass is 9.91. The molecular formula is C17H20O. The summed E-state index contributed by atoms with van der Waals surface area (Å²) in [6, 6.07) is 16.4. The maximum absolute atomic E-state index is 9.98. The van der Waals surface area contributed by atoms with Gasteiger partial charge in [-0.15, -0.1) is 0 Å². The molecule has 0 aliphatic carbocycles. The molecule has 1 nitrogen and oxygen atoms in total. The largest absolute Gasteiger partial charge is 0.508 e. The maximum atomic E-state index is 9.98. The Morgan fingerprint density at radius 1 is 1.00 bits per heavy atom. The molecule has 0 spiro atoms. The minimum Gasteiger partial charge on any atom is -0.508 e. The molecule has 2 aromatic rings. The van der Waals surface area contributed by atoms with E-state index in [9.17, 15) is 5.11 Å². The van der Waals surface area contributed by atoms with Crippen LogP contribution >= 0.6 is 0 Å². The summed E-state index contributed by atoms with van der Waals surface area (Å²) in [4.78, 5) is 0. The number of aromatic hydroxyl groups is 1. The van der Waals surface area contributed by atoms with Gasteiger partial charge in [0.1, 0.15) is 5.75 Å². The molecule has 1 heteroatoms. The number of aryl methyl sites for hydroxylation is 1. The van der Waals surface area contributed by atoms with Crippen molar-refractivity contribution in [2.75, 3.05) is 0 Å². The average Bonchev–Trinajstić information content (AvgIpc) is 2.40. The molecule has 1 atom stereocenters. The van der Waals surface area contributed by atoms with Crippen LogP contribution in [0.5, 0.6) is 5.75 Å². The van der Waals surface area contributed by atoms with Crippen LogP contribution in [-0.2, 0) is 12.8 Å². The van der Waals surface area contributed by atoms with Gasteiger partial charge in [-0.25, -0.2) is 0 Å². The molecule has 1 N–H and O–H groups in total. The molecule has 0 saturated heterocycles. The van der Waals surface area contributed by atoms with Crippen LogP contribution in [0.2, 0.25) is 0 Å². The Labute approximate surface area is 109 Å². The van der Waals surface area contributed by atoms with Crippen LogP contribution in [0.4, 0.5) is 0 Å². The van der Waals surface area contributed by atoms with Crippen molar-refractivity contribution < 1.29 is 5.11 Å². The summed E-state index contributed by atoms with van der Waals surface area (Å²) in [6.45, 7) is 4.31. The van der Waals surface area contributed by atoms with E-state index >= 15 is 0 Å². The fourth-order valence-electron chi connectivity index (χ4n) is 2.30. The Hall–Kier alpha value is -1.76. The summed E-state index contributed by atoms with van der Waals surface area (Å²) in [6.07, 6.45) is 1.97. The molecule has 1 unspecified atom stereocenters. The van der Waals surface area contributed by atoms with Gasteiger partial charge in [-0.3, -0.25) is 0 Å². The molecule has 0 heterocycles. The van der Waals surface area contributed by atoms with Crippen LogP contribution < -0.4 is 0 Å². The first-order valence-corrected chi connectivity index (χ1v) is 6.56. The van der Waals surface area contributed by atoms with E-state index in [-0.39, 0.29) is 0 Å². The molecule has 94 valence electrons. The third kappa shape index (κ3) is 2.92. The van der Waals surface area contributed by atoms with Gasteiger partial charge in [0.15, 0.2) is 0 Å². The summed E-state index contributed by atoms with van der Waals surface area (Å²) in [5, 5.41) is 9.98. The lowest BCUT2D eigenvalue weighted by Gasteiger charge is -2.15. The summed E-state index contributed by atoms with van der Waals surface area (Å²) in [7, 11) is 0. The summed E-state index contributed by atoms with van der Waals surface area (Å²) in [5.74, 6) is 0.745. The first kappa shape index (κ1) is 12.7. The highest BCUT2D eigenvalue weighted by Crippen LogP contribution is 2.29. The Morgan fingerprint density at radius 2 is 1.72 bits per heavy atom. The minimum atomic E-state index is 0.332. The lowest BCUT2D eigenvalue weighted by molar-refractivity contribution is 0.462. The van der Waals surface area contributed by atoms with E-state index in [1.54, 1.807) is 0 Å². The zero-order valence-corrected chi connectivity index (χ0v) is 11.1. The molecule has 0 fully saturated rings. The van der Waals surface area contributed by atoms with E-state index in [4.69, 9.17) is 0 Å². The molecule has 0 aliphatic rings. The second kappa shape index (κ2) is 5.72. The van der Waals surface area contributed by atoms with Crippen molar-refractivity contribution in [3.05, 3.63) is 65.2 Å². The topological polar surface area (TPSA) is 20.2 Å². The highest BCUT2D eigenvalue weighted by molar-refractivity contribution is 5.39. The van der Waals surface area contributed by atoms with Crippen LogP contribution in [0, 0.1) is 0 Å². The van der Waals surface area contributed by atoms with Crippen LogP contribution in [0.25, 0.3) is 0 Å². The van der Waals surface area contributed by atoms with E-state index in [1.807, 2.05) is 18.2 Å². The summed E-state index contributed by atoms with van der Waals surface area (Å²) < 4.78 is 0. The van der Waals surface area contributed by atoms with E-state index in [0.717, 1.165) is 18.4 Å². The van der Waals surface area contributed by atoms with Crippen LogP contribution in [0.15, 0.2) is 48.5 Å². The van der Waals surface area contributed by atoms with Gasteiger partial charge in [0.05, 0.1) is 0 Å². The molecular weight excluding hydrogens is 220 g/mol. The van der Waals surface area contributed by atoms with Crippen molar-refractivity contribution in [1.29, 1.82) is 0 Å². The van der Waals surface area contributed by atoms with Crippen molar-refractivity contribution in [2.24, 2.45) is 0 Å². The smallest absolute Gasteiger partial charge is 0.119 e. The number of phenolic OH excluding ortho intramolecular Hbond substituents is 1. The zero-order valence-electron chi connectivity index (χ0n) is 11.1. The van der Waals surface area contributed by atoms with Gasteiger partial charge in [-0.1, -0.05) is 56.3 Å². The Kier molecular flexibility index (Phi) is 4.03. The molecule has 0 bridgehead atoms. The molecule has 18 heavy (non-hydrogen) atoms. The average molecular weight is 240 g/mol. The lowest BCUT2D eigenvalue weighted by Crippen LogP contribution is -2.00. The highest BCUT2D eigenvalue weighted by atomic mass is 16.3. The Bertz CT molecular complexity index is 502. The number of benzene rings is 2. The normalized spacial score (nSPS) is 12.3. The molecule has 0 aliphatic heterocycles. The maximum Gasteiger partial charge on any atom is 0.119 e. The van der Waals surface area contributed by atoms with E-state index in [1.165, 1.54) is 11.1 Å². The van der Waals surface area contributed by atoms with E-state index in [0.29, 0.717) is 11.7 Å². The number of rotatable bonds is 4. The second-order valence-electron chi connectivity index (χ2n) is 4.84. The van der Waals surface area contributed by atoms with Gasteiger partial charge >= 0.3 is 0 Å². The minimum absolute atomic E-state index is 0.332. The predicted octanol–water partition coefficient (Wildman–Crippen LogP) is 4.30. The van der Waals surface area contributed by atoms with Crippen LogP contribution in [-0.4, -0.2) is 5.11 Å². The third-order valence-electron chi connectivity index (χ3n) is 3.42. The van der Waals surface area contributed by atoms with Crippen molar-refractivity contribution in [1.82, 2.24) is 0 Å². The Morgan fingerprint density at radius 3 is 2.39 bits per heavy atom. The van der Waals surface area contributed by atoms with Gasteiger partial charge in [-0.05, 0) is 41.5 Å². The molecule has 0 saturated carbocycles. The van der Waals surface area contributed by atoms with Gasteiger partial charge < -0.3 is 5.11 Å². The van der Waals surface area contributed by atoms with Gasteiger partial charge in [-0.2, -0.15) is 0 Å². The SMILES string of the molecule is CCc1ccc(O)c(C(C)Cc2ccccc2)c1. The first-order valence-electron chi connectivity index (χ1n) is 6.56. The van der Waals surface area contributed by atoms with Crippen molar-refractivity contribution in [3.63, 3.8) is 0 Å². The fraction of sp³-hybridized carbons (Fsp3) is 0.294. The van der Waals surface area contributed by atoms with Crippen molar-refractivity contribution in [2.45, 2.75) is 32.6 Å². The van der Waals surface area contributed by atoms with Crippen molar-refractivity contribution >= 4 is 0 Å². The van der Waals surface area contributed by atoms with Gasteiger partial charge in [0.25, 0.3) is 0 Å². The second-order valence-corrected chi connectivity index (χ2v) is 4.84. The van der Waals surface area contributed by atoms with Gasteiger partial charge in [0, 0.05) is 0 Å².